The normalized spacial score (nSPS) is 10.6. The zero-order valence-corrected chi connectivity index (χ0v) is 11.3. The van der Waals surface area contributed by atoms with Crippen molar-refractivity contribution in [1.82, 2.24) is 9.38 Å². The van der Waals surface area contributed by atoms with Gasteiger partial charge in [-0.3, -0.25) is 14.0 Å². The first-order chi connectivity index (χ1) is 8.52. The van der Waals surface area contributed by atoms with Crippen LogP contribution in [0.4, 0.5) is 5.82 Å². The molecule has 0 fully saturated rings. The number of nitrogens with two attached hydrogens (primary N) is 1. The van der Waals surface area contributed by atoms with E-state index in [0.717, 1.165) is 4.47 Å². The summed E-state index contributed by atoms with van der Waals surface area (Å²) in [6.07, 6.45) is 1.67. The quantitative estimate of drug-likeness (QED) is 0.833. The fraction of sp³-hybridized carbons (Fsp3) is 0.100. The third-order valence-electron chi connectivity index (χ3n) is 2.20. The summed E-state index contributed by atoms with van der Waals surface area (Å²) in [7, 11) is 0. The maximum Gasteiger partial charge on any atom is 0.271 e. The summed E-state index contributed by atoms with van der Waals surface area (Å²) >= 11 is 8.71. The smallest absolute Gasteiger partial charge is 0.271 e. The van der Waals surface area contributed by atoms with Gasteiger partial charge in [-0.1, -0.05) is 0 Å². The predicted molar refractivity (Wildman–Crippen MR) is 70.8 cm³/mol. The molecule has 18 heavy (non-hydrogen) atoms. The Kier molecular flexibility index (Phi) is 3.53. The number of hydrogen-bond acceptors (Lipinski definition) is 3. The van der Waals surface area contributed by atoms with Crippen molar-refractivity contribution in [1.29, 1.82) is 0 Å². The van der Waals surface area contributed by atoms with Crippen molar-refractivity contribution < 1.29 is 9.59 Å². The van der Waals surface area contributed by atoms with Gasteiger partial charge < -0.3 is 11.1 Å². The standard InChI is InChI=1S/C10H8BrClN4O2/c11-5-1-2-6-14-8(9(13)18)10(16(6)4-5)15-7(17)3-12/h1-2,4H,3H2,(H2,13,18)(H,15,17). The molecular formula is C10H8BrClN4O2. The number of carbonyl (C=O) groups excluding carboxylic acids is 2. The molecule has 94 valence electrons. The van der Waals surface area contributed by atoms with Gasteiger partial charge in [-0.25, -0.2) is 4.98 Å². The number of hydrogen-bond donors (Lipinski definition) is 2. The summed E-state index contributed by atoms with van der Waals surface area (Å²) in [5, 5.41) is 2.50. The summed E-state index contributed by atoms with van der Waals surface area (Å²) in [5.41, 5.74) is 5.71. The molecule has 0 saturated carbocycles. The Labute approximate surface area is 115 Å². The average Bonchev–Trinajstić information content (AvgIpc) is 2.67. The van der Waals surface area contributed by atoms with Crippen LogP contribution in [0, 0.1) is 0 Å². The van der Waals surface area contributed by atoms with Crippen molar-refractivity contribution in [3.8, 4) is 0 Å². The molecule has 0 spiro atoms. The molecule has 2 heterocycles. The summed E-state index contributed by atoms with van der Waals surface area (Å²) < 4.78 is 2.32. The van der Waals surface area contributed by atoms with Crippen molar-refractivity contribution in [2.45, 2.75) is 0 Å². The minimum Gasteiger partial charge on any atom is -0.364 e. The lowest BCUT2D eigenvalue weighted by atomic mass is 10.4. The highest BCUT2D eigenvalue weighted by atomic mass is 79.9. The Hall–Kier alpha value is -1.60. The van der Waals surface area contributed by atoms with Gasteiger partial charge >= 0.3 is 0 Å². The zero-order valence-electron chi connectivity index (χ0n) is 8.98. The van der Waals surface area contributed by atoms with Gasteiger partial charge in [-0.05, 0) is 28.1 Å². The van der Waals surface area contributed by atoms with E-state index in [-0.39, 0.29) is 17.4 Å². The summed E-state index contributed by atoms with van der Waals surface area (Å²) in [6, 6.07) is 3.45. The second kappa shape index (κ2) is 4.95. The SMILES string of the molecule is NC(=O)c1nc2ccc(Br)cn2c1NC(=O)CCl. The number of fused-ring (bicyclic) bond motifs is 1. The third-order valence-corrected chi connectivity index (χ3v) is 2.91. The van der Waals surface area contributed by atoms with Crippen molar-refractivity contribution in [3.63, 3.8) is 0 Å². The first kappa shape index (κ1) is 12.8. The minimum absolute atomic E-state index is 0.00781. The molecule has 0 saturated heterocycles. The first-order valence-corrected chi connectivity index (χ1v) is 6.19. The minimum atomic E-state index is -0.723. The summed E-state index contributed by atoms with van der Waals surface area (Å²) in [6.45, 7) is 0. The van der Waals surface area contributed by atoms with E-state index in [0.29, 0.717) is 5.65 Å². The molecule has 0 aliphatic heterocycles. The number of rotatable bonds is 3. The van der Waals surface area contributed by atoms with E-state index >= 15 is 0 Å². The lowest BCUT2D eigenvalue weighted by Gasteiger charge is -2.04. The van der Waals surface area contributed by atoms with Crippen LogP contribution in [-0.2, 0) is 4.79 Å². The number of amides is 2. The Bertz CT molecular complexity index is 640. The van der Waals surface area contributed by atoms with Gasteiger partial charge in [-0.15, -0.1) is 11.6 Å². The van der Waals surface area contributed by atoms with Crippen molar-refractivity contribution in [3.05, 3.63) is 28.5 Å². The Morgan fingerprint density at radius 2 is 2.22 bits per heavy atom. The lowest BCUT2D eigenvalue weighted by Crippen LogP contribution is -2.19. The Balaban J connectivity index is 2.64. The van der Waals surface area contributed by atoms with Gasteiger partial charge in [0.15, 0.2) is 11.5 Å². The molecule has 8 heteroatoms. The second-order valence-electron chi connectivity index (χ2n) is 3.43. The van der Waals surface area contributed by atoms with Crippen LogP contribution in [0.1, 0.15) is 10.5 Å². The number of anilines is 1. The zero-order chi connectivity index (χ0) is 13.3. The van der Waals surface area contributed by atoms with Gasteiger partial charge in [0, 0.05) is 10.7 Å². The van der Waals surface area contributed by atoms with Crippen LogP contribution in [0.25, 0.3) is 5.65 Å². The van der Waals surface area contributed by atoms with E-state index in [1.165, 1.54) is 0 Å². The molecule has 0 unspecified atom stereocenters. The molecule has 3 N–H and O–H groups in total. The third kappa shape index (κ3) is 2.32. The molecule has 2 aromatic rings. The number of nitrogens with zero attached hydrogens (tertiary/aromatic N) is 2. The van der Waals surface area contributed by atoms with Crippen molar-refractivity contribution in [2.75, 3.05) is 11.2 Å². The molecule has 0 atom stereocenters. The number of alkyl halides is 1. The predicted octanol–water partition coefficient (Wildman–Crippen LogP) is 1.37. The van der Waals surface area contributed by atoms with Crippen molar-refractivity contribution in [2.24, 2.45) is 5.73 Å². The van der Waals surface area contributed by atoms with Gasteiger partial charge in [0.05, 0.1) is 0 Å². The summed E-state index contributed by atoms with van der Waals surface area (Å²) in [4.78, 5) is 26.7. The fourth-order valence-electron chi connectivity index (χ4n) is 1.48. The van der Waals surface area contributed by atoms with Gasteiger partial charge in [-0.2, -0.15) is 0 Å². The van der Waals surface area contributed by atoms with E-state index < -0.39 is 11.8 Å². The maximum atomic E-state index is 11.3. The van der Waals surface area contributed by atoms with Crippen LogP contribution >= 0.6 is 27.5 Å². The van der Waals surface area contributed by atoms with E-state index in [2.05, 4.69) is 26.2 Å². The molecule has 0 bridgehead atoms. The number of primary amides is 1. The average molecular weight is 332 g/mol. The van der Waals surface area contributed by atoms with Crippen LogP contribution in [-0.4, -0.2) is 27.1 Å². The Morgan fingerprint density at radius 3 is 2.83 bits per heavy atom. The highest BCUT2D eigenvalue weighted by Crippen LogP contribution is 2.21. The monoisotopic (exact) mass is 330 g/mol. The van der Waals surface area contributed by atoms with Crippen LogP contribution in [0.15, 0.2) is 22.8 Å². The topological polar surface area (TPSA) is 89.5 Å². The Morgan fingerprint density at radius 1 is 1.50 bits per heavy atom. The van der Waals surface area contributed by atoms with Crippen LogP contribution < -0.4 is 11.1 Å². The molecule has 0 aromatic carbocycles. The molecule has 2 amide bonds. The largest absolute Gasteiger partial charge is 0.364 e. The highest BCUT2D eigenvalue weighted by Gasteiger charge is 2.18. The van der Waals surface area contributed by atoms with Gasteiger partial charge in [0.25, 0.3) is 5.91 Å². The number of pyridine rings is 1. The number of halogens is 2. The number of nitrogens with one attached hydrogen (secondary N) is 1. The molecular weight excluding hydrogens is 323 g/mol. The van der Waals surface area contributed by atoms with E-state index in [1.807, 2.05) is 0 Å². The van der Waals surface area contributed by atoms with Gasteiger partial charge in [0.1, 0.15) is 11.5 Å². The van der Waals surface area contributed by atoms with Crippen LogP contribution in [0.5, 0.6) is 0 Å². The maximum absolute atomic E-state index is 11.3. The second-order valence-corrected chi connectivity index (χ2v) is 4.61. The van der Waals surface area contributed by atoms with Crippen LogP contribution in [0.2, 0.25) is 0 Å². The first-order valence-electron chi connectivity index (χ1n) is 4.86. The fourth-order valence-corrected chi connectivity index (χ4v) is 1.88. The highest BCUT2D eigenvalue weighted by molar-refractivity contribution is 9.10. The molecule has 2 aromatic heterocycles. The van der Waals surface area contributed by atoms with Crippen molar-refractivity contribution >= 4 is 50.8 Å². The molecule has 0 aliphatic carbocycles. The van der Waals surface area contributed by atoms with Gasteiger partial charge in [0.2, 0.25) is 5.91 Å². The number of aromatic nitrogens is 2. The van der Waals surface area contributed by atoms with E-state index in [1.54, 1.807) is 22.7 Å². The lowest BCUT2D eigenvalue weighted by molar-refractivity contribution is -0.113. The molecule has 0 aliphatic rings. The van der Waals surface area contributed by atoms with E-state index in [4.69, 9.17) is 17.3 Å². The molecule has 6 nitrogen and oxygen atoms in total. The number of imidazole rings is 1. The molecule has 0 radical (unpaired) electrons. The molecule has 2 rings (SSSR count). The van der Waals surface area contributed by atoms with Crippen LogP contribution in [0.3, 0.4) is 0 Å². The number of carbonyl (C=O) groups is 2. The van der Waals surface area contributed by atoms with E-state index in [9.17, 15) is 9.59 Å². The summed E-state index contributed by atoms with van der Waals surface area (Å²) in [5.74, 6) is -1.18.